The molecular formula is C41H85NO2. The lowest BCUT2D eigenvalue weighted by Gasteiger charge is -2.21. The first-order chi connectivity index (χ1) is 21.8. The molecule has 3 nitrogen and oxygen atoms in total. The topological polar surface area (TPSA) is 32.7 Å². The van der Waals surface area contributed by atoms with Gasteiger partial charge < -0.3 is 14.7 Å². The van der Waals surface area contributed by atoms with E-state index in [4.69, 9.17) is 4.74 Å². The highest BCUT2D eigenvalue weighted by Crippen LogP contribution is 2.25. The van der Waals surface area contributed by atoms with E-state index in [1.165, 1.54) is 193 Å². The largest absolute Gasteiger partial charge is 0.395 e. The van der Waals surface area contributed by atoms with Crippen molar-refractivity contribution in [1.82, 2.24) is 4.90 Å². The molecule has 0 aromatic heterocycles. The number of aliphatic hydroxyl groups excluding tert-OH is 1. The van der Waals surface area contributed by atoms with Gasteiger partial charge in [-0.3, -0.25) is 0 Å². The van der Waals surface area contributed by atoms with E-state index in [-0.39, 0.29) is 6.61 Å². The normalized spacial score (nSPS) is 11.9. The first-order valence-electron chi connectivity index (χ1n) is 20.7. The molecule has 0 aliphatic heterocycles. The Bertz CT molecular complexity index is 483. The summed E-state index contributed by atoms with van der Waals surface area (Å²) in [5.74, 6) is 0.986. The number of rotatable bonds is 39. The maximum absolute atomic E-state index is 9.53. The molecule has 0 aromatic rings. The molecule has 0 heterocycles. The third-order valence-corrected chi connectivity index (χ3v) is 9.84. The fraction of sp³-hybridized carbons (Fsp3) is 1.00. The van der Waals surface area contributed by atoms with Crippen LogP contribution < -0.4 is 0 Å². The van der Waals surface area contributed by atoms with Crippen LogP contribution in [0.15, 0.2) is 0 Å². The van der Waals surface area contributed by atoms with Crippen LogP contribution in [0.25, 0.3) is 0 Å². The van der Waals surface area contributed by atoms with Crippen molar-refractivity contribution in [3.05, 3.63) is 0 Å². The van der Waals surface area contributed by atoms with Gasteiger partial charge in [-0.2, -0.15) is 0 Å². The van der Waals surface area contributed by atoms with Crippen LogP contribution in [0.1, 0.15) is 220 Å². The first kappa shape index (κ1) is 43.9. The highest BCUT2D eigenvalue weighted by molar-refractivity contribution is 4.63. The van der Waals surface area contributed by atoms with Crippen molar-refractivity contribution in [2.75, 3.05) is 39.5 Å². The van der Waals surface area contributed by atoms with Crippen LogP contribution in [0.2, 0.25) is 0 Å². The Kier molecular flexibility index (Phi) is 39.0. The van der Waals surface area contributed by atoms with Crippen LogP contribution in [0, 0.1) is 5.92 Å². The second kappa shape index (κ2) is 39.1. The van der Waals surface area contributed by atoms with Gasteiger partial charge >= 0.3 is 0 Å². The average molecular weight is 624 g/mol. The summed E-state index contributed by atoms with van der Waals surface area (Å²) in [5, 5.41) is 9.53. The summed E-state index contributed by atoms with van der Waals surface area (Å²) in [6.07, 6.45) is 43.4. The van der Waals surface area contributed by atoms with E-state index >= 15 is 0 Å². The van der Waals surface area contributed by atoms with Crippen molar-refractivity contribution in [2.45, 2.75) is 220 Å². The summed E-state index contributed by atoms with van der Waals surface area (Å²) in [7, 11) is 0. The van der Waals surface area contributed by atoms with E-state index in [2.05, 4.69) is 25.7 Å². The smallest absolute Gasteiger partial charge is 0.0558 e. The minimum Gasteiger partial charge on any atom is -0.395 e. The highest BCUT2D eigenvalue weighted by Gasteiger charge is 2.09. The molecule has 0 fully saturated rings. The Morgan fingerprint density at radius 1 is 0.386 bits per heavy atom. The standard InChI is InChI=1S/C41H85NO2/c1-4-7-10-13-16-17-18-19-25-30-39-44-40-31-36-42(37-38-43)35-29-24-20-23-28-34-41(32-26-21-14-11-8-5-2)33-27-22-15-12-9-6-3/h41,43H,4-40H2,1-3H3. The number of hydrogen-bond donors (Lipinski definition) is 1. The molecule has 1 N–H and O–H groups in total. The van der Waals surface area contributed by atoms with Gasteiger partial charge in [0, 0.05) is 26.3 Å². The second-order valence-electron chi connectivity index (χ2n) is 14.2. The van der Waals surface area contributed by atoms with Crippen LogP contribution >= 0.6 is 0 Å². The van der Waals surface area contributed by atoms with Gasteiger partial charge in [0.1, 0.15) is 0 Å². The molecule has 0 saturated heterocycles. The number of ether oxygens (including phenoxy) is 1. The quantitative estimate of drug-likeness (QED) is 0.0691. The van der Waals surface area contributed by atoms with Crippen LogP contribution in [0.3, 0.4) is 0 Å². The maximum Gasteiger partial charge on any atom is 0.0558 e. The molecule has 0 bridgehead atoms. The Balaban J connectivity index is 3.84. The maximum atomic E-state index is 9.53. The van der Waals surface area contributed by atoms with Crippen LogP contribution in [0.4, 0.5) is 0 Å². The number of aliphatic hydroxyl groups is 1. The molecule has 266 valence electrons. The van der Waals surface area contributed by atoms with Gasteiger partial charge in [0.2, 0.25) is 0 Å². The molecule has 0 radical (unpaired) electrons. The number of hydrogen-bond acceptors (Lipinski definition) is 3. The molecule has 0 aliphatic rings. The van der Waals surface area contributed by atoms with E-state index < -0.39 is 0 Å². The van der Waals surface area contributed by atoms with E-state index in [1.807, 2.05) is 0 Å². The molecule has 0 aromatic carbocycles. The Morgan fingerprint density at radius 3 is 1.16 bits per heavy atom. The van der Waals surface area contributed by atoms with Gasteiger partial charge in [0.15, 0.2) is 0 Å². The van der Waals surface area contributed by atoms with Crippen molar-refractivity contribution < 1.29 is 9.84 Å². The zero-order valence-corrected chi connectivity index (χ0v) is 31.0. The average Bonchev–Trinajstić information content (AvgIpc) is 3.03. The molecule has 0 amide bonds. The van der Waals surface area contributed by atoms with Crippen LogP contribution in [-0.2, 0) is 4.74 Å². The van der Waals surface area contributed by atoms with Crippen molar-refractivity contribution in [3.8, 4) is 0 Å². The third-order valence-electron chi connectivity index (χ3n) is 9.84. The van der Waals surface area contributed by atoms with Crippen molar-refractivity contribution in [2.24, 2.45) is 5.92 Å². The summed E-state index contributed by atoms with van der Waals surface area (Å²) in [6.45, 7) is 12.0. The minimum absolute atomic E-state index is 0.276. The molecule has 0 atom stereocenters. The summed E-state index contributed by atoms with van der Waals surface area (Å²) < 4.78 is 5.93. The van der Waals surface area contributed by atoms with Crippen molar-refractivity contribution in [1.29, 1.82) is 0 Å². The second-order valence-corrected chi connectivity index (χ2v) is 14.2. The molecule has 44 heavy (non-hydrogen) atoms. The van der Waals surface area contributed by atoms with E-state index in [1.54, 1.807) is 0 Å². The van der Waals surface area contributed by atoms with Gasteiger partial charge in [0.25, 0.3) is 0 Å². The first-order valence-corrected chi connectivity index (χ1v) is 20.7. The predicted octanol–water partition coefficient (Wildman–Crippen LogP) is 13.1. The number of unbranched alkanes of at least 4 members (excludes halogenated alkanes) is 23. The molecule has 0 spiro atoms. The fourth-order valence-electron chi connectivity index (χ4n) is 6.82. The summed E-state index contributed by atoms with van der Waals surface area (Å²) in [4.78, 5) is 2.46. The summed E-state index contributed by atoms with van der Waals surface area (Å²) in [6, 6.07) is 0. The highest BCUT2D eigenvalue weighted by atomic mass is 16.5. The van der Waals surface area contributed by atoms with Crippen LogP contribution in [0.5, 0.6) is 0 Å². The zero-order chi connectivity index (χ0) is 32.0. The van der Waals surface area contributed by atoms with E-state index in [0.717, 1.165) is 45.2 Å². The Hall–Kier alpha value is -0.120. The minimum atomic E-state index is 0.276. The summed E-state index contributed by atoms with van der Waals surface area (Å²) >= 11 is 0. The molecule has 0 saturated carbocycles. The van der Waals surface area contributed by atoms with Gasteiger partial charge in [0.05, 0.1) is 6.61 Å². The third kappa shape index (κ3) is 34.7. The van der Waals surface area contributed by atoms with Crippen LogP contribution in [-0.4, -0.2) is 49.5 Å². The van der Waals surface area contributed by atoms with Gasteiger partial charge in [-0.1, -0.05) is 201 Å². The van der Waals surface area contributed by atoms with Crippen molar-refractivity contribution in [3.63, 3.8) is 0 Å². The lowest BCUT2D eigenvalue weighted by molar-refractivity contribution is 0.112. The lowest BCUT2D eigenvalue weighted by Crippen LogP contribution is -2.29. The van der Waals surface area contributed by atoms with Gasteiger partial charge in [-0.15, -0.1) is 0 Å². The predicted molar refractivity (Wildman–Crippen MR) is 198 cm³/mol. The van der Waals surface area contributed by atoms with Gasteiger partial charge in [-0.25, -0.2) is 0 Å². The number of nitrogens with zero attached hydrogens (tertiary/aromatic N) is 1. The molecular weight excluding hydrogens is 538 g/mol. The lowest BCUT2D eigenvalue weighted by atomic mass is 9.89. The molecule has 3 heteroatoms. The SMILES string of the molecule is CCCCCCCCCCCCOCCCN(CCO)CCCCCCCC(CCCCCCCC)CCCCCCCC. The van der Waals surface area contributed by atoms with Gasteiger partial charge in [-0.05, 0) is 31.7 Å². The molecule has 0 rings (SSSR count). The van der Waals surface area contributed by atoms with E-state index in [0.29, 0.717) is 0 Å². The zero-order valence-electron chi connectivity index (χ0n) is 31.0. The Morgan fingerprint density at radius 2 is 0.727 bits per heavy atom. The Labute approximate surface area is 279 Å². The van der Waals surface area contributed by atoms with E-state index in [9.17, 15) is 5.11 Å². The van der Waals surface area contributed by atoms with Crippen molar-refractivity contribution >= 4 is 0 Å². The fourth-order valence-corrected chi connectivity index (χ4v) is 6.82. The summed E-state index contributed by atoms with van der Waals surface area (Å²) in [5.41, 5.74) is 0. The molecule has 0 unspecified atom stereocenters. The molecule has 0 aliphatic carbocycles. The monoisotopic (exact) mass is 624 g/mol.